The molecule has 4 heteroatoms. The molecule has 0 aromatic rings. The maximum Gasteiger partial charge on any atom is 0.320 e. The second-order valence-electron chi connectivity index (χ2n) is 4.63. The lowest BCUT2D eigenvalue weighted by Gasteiger charge is -2.30. The number of nitrogens with zero attached hydrogens (tertiary/aromatic N) is 1. The highest BCUT2D eigenvalue weighted by Gasteiger charge is 2.26. The number of piperidine rings is 1. The van der Waals surface area contributed by atoms with Gasteiger partial charge in [-0.05, 0) is 12.8 Å². The van der Waals surface area contributed by atoms with Crippen LogP contribution in [0.4, 0.5) is 0 Å². The van der Waals surface area contributed by atoms with Gasteiger partial charge in [-0.1, -0.05) is 20.3 Å². The van der Waals surface area contributed by atoms with Crippen molar-refractivity contribution in [1.82, 2.24) is 4.90 Å². The maximum absolute atomic E-state index is 11.5. The molecule has 1 unspecified atom stereocenters. The van der Waals surface area contributed by atoms with Crippen LogP contribution in [0.25, 0.3) is 0 Å². The molecule has 98 valence electrons. The van der Waals surface area contributed by atoms with Crippen molar-refractivity contribution in [3.63, 3.8) is 0 Å². The van der Waals surface area contributed by atoms with E-state index in [2.05, 4.69) is 6.92 Å². The Morgan fingerprint density at radius 1 is 1.47 bits per heavy atom. The number of unbranched alkanes of at least 4 members (excludes halogenated alkanes) is 1. The molecule has 1 heterocycles. The van der Waals surface area contributed by atoms with E-state index in [1.807, 2.05) is 11.8 Å². The molecule has 0 radical (unpaired) electrons. The summed E-state index contributed by atoms with van der Waals surface area (Å²) in [6.07, 6.45) is 3.38. The zero-order chi connectivity index (χ0) is 12.7. The minimum Gasteiger partial charge on any atom is -0.465 e. The summed E-state index contributed by atoms with van der Waals surface area (Å²) in [6.45, 7) is 6.32. The molecule has 1 saturated heterocycles. The Hall–Kier alpha value is -0.900. The zero-order valence-electron chi connectivity index (χ0n) is 10.9. The van der Waals surface area contributed by atoms with Gasteiger partial charge in [-0.25, -0.2) is 0 Å². The smallest absolute Gasteiger partial charge is 0.320 e. The van der Waals surface area contributed by atoms with Gasteiger partial charge in [-0.15, -0.1) is 0 Å². The molecule has 4 nitrogen and oxygen atoms in total. The molecule has 0 bridgehead atoms. The van der Waals surface area contributed by atoms with E-state index in [-0.39, 0.29) is 11.9 Å². The Balaban J connectivity index is 2.27. The minimum absolute atomic E-state index is 0.104. The Morgan fingerprint density at radius 2 is 2.24 bits per heavy atom. The van der Waals surface area contributed by atoms with Crippen LogP contribution < -0.4 is 0 Å². The fraction of sp³-hybridized carbons (Fsp3) is 0.846. The summed E-state index contributed by atoms with van der Waals surface area (Å²) in [5.41, 5.74) is 0. The second kappa shape index (κ2) is 7.43. The molecular weight excluding hydrogens is 218 g/mol. The lowest BCUT2D eigenvalue weighted by atomic mass is 9.94. The van der Waals surface area contributed by atoms with Crippen molar-refractivity contribution in [2.24, 2.45) is 5.92 Å². The van der Waals surface area contributed by atoms with Crippen molar-refractivity contribution < 1.29 is 14.3 Å². The number of Topliss-reactive ketones (excluding diaryl/α,β-unsaturated/α-hetero) is 1. The molecule has 1 atom stereocenters. The second-order valence-corrected chi connectivity index (χ2v) is 4.63. The third-order valence-corrected chi connectivity index (χ3v) is 3.21. The Morgan fingerprint density at radius 3 is 2.88 bits per heavy atom. The van der Waals surface area contributed by atoms with Crippen molar-refractivity contribution in [3.05, 3.63) is 0 Å². The fourth-order valence-corrected chi connectivity index (χ4v) is 2.04. The molecular formula is C13H23NO3. The molecule has 1 aliphatic rings. The fourth-order valence-electron chi connectivity index (χ4n) is 2.04. The van der Waals surface area contributed by atoms with Crippen LogP contribution >= 0.6 is 0 Å². The Labute approximate surface area is 103 Å². The monoisotopic (exact) mass is 241 g/mol. The van der Waals surface area contributed by atoms with Crippen LogP contribution in [0, 0.1) is 5.92 Å². The molecule has 0 saturated carbocycles. The zero-order valence-corrected chi connectivity index (χ0v) is 10.9. The highest BCUT2D eigenvalue weighted by molar-refractivity contribution is 5.82. The molecule has 0 aromatic heterocycles. The molecule has 0 N–H and O–H groups in total. The van der Waals surface area contributed by atoms with Gasteiger partial charge in [-0.2, -0.15) is 0 Å². The maximum atomic E-state index is 11.5. The lowest BCUT2D eigenvalue weighted by molar-refractivity contribution is -0.146. The number of hydrogen-bond donors (Lipinski definition) is 0. The summed E-state index contributed by atoms with van der Waals surface area (Å²) in [4.78, 5) is 25.1. The van der Waals surface area contributed by atoms with E-state index >= 15 is 0 Å². The van der Waals surface area contributed by atoms with Gasteiger partial charge in [0.05, 0.1) is 13.2 Å². The van der Waals surface area contributed by atoms with E-state index in [1.54, 1.807) is 0 Å². The van der Waals surface area contributed by atoms with Gasteiger partial charge in [-0.3, -0.25) is 14.5 Å². The van der Waals surface area contributed by atoms with E-state index in [0.29, 0.717) is 38.4 Å². The number of hydrogen-bond acceptors (Lipinski definition) is 4. The summed E-state index contributed by atoms with van der Waals surface area (Å²) in [5.74, 6) is 0.276. The first-order chi connectivity index (χ1) is 8.17. The minimum atomic E-state index is -0.164. The Bertz CT molecular complexity index is 265. The average Bonchev–Trinajstić information content (AvgIpc) is 2.32. The average molecular weight is 241 g/mol. The molecule has 17 heavy (non-hydrogen) atoms. The predicted molar refractivity (Wildman–Crippen MR) is 65.7 cm³/mol. The standard InChI is InChI=1S/C13H23NO3/c1-3-5-8-17-13(16)10-14-7-6-12(15)11(4-2)9-14/h11H,3-10H2,1-2H3. The normalized spacial score (nSPS) is 21.5. The largest absolute Gasteiger partial charge is 0.465 e. The highest BCUT2D eigenvalue weighted by Crippen LogP contribution is 2.15. The number of ketones is 1. The van der Waals surface area contributed by atoms with Crippen LogP contribution in [-0.4, -0.2) is 42.9 Å². The number of rotatable bonds is 6. The number of likely N-dealkylation sites (tertiary alicyclic amines) is 1. The number of esters is 1. The van der Waals surface area contributed by atoms with Gasteiger partial charge in [0, 0.05) is 25.4 Å². The van der Waals surface area contributed by atoms with Crippen molar-refractivity contribution in [2.45, 2.75) is 39.5 Å². The van der Waals surface area contributed by atoms with Gasteiger partial charge in [0.15, 0.2) is 0 Å². The van der Waals surface area contributed by atoms with Crippen molar-refractivity contribution in [2.75, 3.05) is 26.2 Å². The Kier molecular flexibility index (Phi) is 6.19. The van der Waals surface area contributed by atoms with Crippen LogP contribution in [0.1, 0.15) is 39.5 Å². The molecule has 0 spiro atoms. The topological polar surface area (TPSA) is 46.6 Å². The third-order valence-electron chi connectivity index (χ3n) is 3.21. The molecule has 1 aliphatic heterocycles. The first kappa shape index (κ1) is 14.2. The van der Waals surface area contributed by atoms with E-state index in [9.17, 15) is 9.59 Å². The van der Waals surface area contributed by atoms with E-state index in [4.69, 9.17) is 4.74 Å². The van der Waals surface area contributed by atoms with Crippen LogP contribution in [0.2, 0.25) is 0 Å². The highest BCUT2D eigenvalue weighted by atomic mass is 16.5. The van der Waals surface area contributed by atoms with Gasteiger partial charge in [0.25, 0.3) is 0 Å². The summed E-state index contributed by atoms with van der Waals surface area (Å²) in [6, 6.07) is 0. The summed E-state index contributed by atoms with van der Waals surface area (Å²) in [5, 5.41) is 0. The lowest BCUT2D eigenvalue weighted by Crippen LogP contribution is -2.43. The van der Waals surface area contributed by atoms with Crippen LogP contribution in [0.15, 0.2) is 0 Å². The predicted octanol–water partition coefficient (Wildman–Crippen LogP) is 1.63. The quantitative estimate of drug-likeness (QED) is 0.524. The van der Waals surface area contributed by atoms with Gasteiger partial charge < -0.3 is 4.74 Å². The van der Waals surface area contributed by atoms with Crippen molar-refractivity contribution >= 4 is 11.8 Å². The van der Waals surface area contributed by atoms with Crippen molar-refractivity contribution in [1.29, 1.82) is 0 Å². The number of carbonyl (C=O) groups is 2. The number of carbonyl (C=O) groups excluding carboxylic acids is 2. The molecule has 0 aliphatic carbocycles. The van der Waals surface area contributed by atoms with Crippen LogP contribution in [-0.2, 0) is 14.3 Å². The van der Waals surface area contributed by atoms with Gasteiger partial charge in [0.1, 0.15) is 5.78 Å². The molecule has 0 aromatic carbocycles. The first-order valence-electron chi connectivity index (χ1n) is 6.58. The first-order valence-corrected chi connectivity index (χ1v) is 6.58. The van der Waals surface area contributed by atoms with E-state index in [1.165, 1.54) is 0 Å². The third kappa shape index (κ3) is 4.86. The summed E-state index contributed by atoms with van der Waals surface area (Å²) < 4.78 is 5.12. The molecule has 1 rings (SSSR count). The van der Waals surface area contributed by atoms with E-state index < -0.39 is 0 Å². The van der Waals surface area contributed by atoms with Crippen LogP contribution in [0.3, 0.4) is 0 Å². The van der Waals surface area contributed by atoms with Crippen molar-refractivity contribution in [3.8, 4) is 0 Å². The van der Waals surface area contributed by atoms with Gasteiger partial charge in [0.2, 0.25) is 0 Å². The SMILES string of the molecule is CCCCOC(=O)CN1CCC(=O)C(CC)C1. The number of ether oxygens (including phenoxy) is 1. The van der Waals surface area contributed by atoms with E-state index in [0.717, 1.165) is 19.3 Å². The molecule has 0 amide bonds. The molecule has 1 fully saturated rings. The summed E-state index contributed by atoms with van der Waals surface area (Å²) >= 11 is 0. The summed E-state index contributed by atoms with van der Waals surface area (Å²) in [7, 11) is 0. The van der Waals surface area contributed by atoms with Crippen LogP contribution in [0.5, 0.6) is 0 Å². The van der Waals surface area contributed by atoms with Gasteiger partial charge >= 0.3 is 5.97 Å².